The van der Waals surface area contributed by atoms with Gasteiger partial charge in [-0.2, -0.15) is 0 Å². The first-order valence-electron chi connectivity index (χ1n) is 11.5. The van der Waals surface area contributed by atoms with E-state index in [0.717, 1.165) is 16.7 Å². The molecular formula is C29H29NO5. The Morgan fingerprint density at radius 1 is 0.971 bits per heavy atom. The number of hydrogen-bond donors (Lipinski definition) is 1. The van der Waals surface area contributed by atoms with Gasteiger partial charge in [-0.25, -0.2) is 0 Å². The molecule has 0 aromatic heterocycles. The van der Waals surface area contributed by atoms with Crippen molar-refractivity contribution in [1.82, 2.24) is 4.90 Å². The molecule has 0 bridgehead atoms. The summed E-state index contributed by atoms with van der Waals surface area (Å²) in [4.78, 5) is 27.6. The fourth-order valence-electron chi connectivity index (χ4n) is 4.27. The van der Waals surface area contributed by atoms with Crippen LogP contribution in [0, 0.1) is 13.8 Å². The SMILES string of the molecule is COCCN1C(=O)C(=O)/C(=C(/O)c2cc(C)ccc2C)C1c1ccc(OCc2ccccc2)cc1. The molecule has 3 aromatic rings. The van der Waals surface area contributed by atoms with Crippen LogP contribution < -0.4 is 4.74 Å². The van der Waals surface area contributed by atoms with Gasteiger partial charge < -0.3 is 19.5 Å². The van der Waals surface area contributed by atoms with Crippen LogP contribution in [0.3, 0.4) is 0 Å². The number of benzene rings is 3. The minimum atomic E-state index is -0.728. The predicted octanol–water partition coefficient (Wildman–Crippen LogP) is 4.95. The molecule has 6 nitrogen and oxygen atoms in total. The number of amides is 1. The summed E-state index contributed by atoms with van der Waals surface area (Å²) in [5.41, 5.74) is 4.15. The van der Waals surface area contributed by atoms with Gasteiger partial charge in [0.2, 0.25) is 0 Å². The lowest BCUT2D eigenvalue weighted by atomic mass is 9.93. The number of carbonyl (C=O) groups is 2. The average molecular weight is 472 g/mol. The van der Waals surface area contributed by atoms with Crippen molar-refractivity contribution in [3.63, 3.8) is 0 Å². The fraction of sp³-hybridized carbons (Fsp3) is 0.241. The Labute approximate surface area is 205 Å². The van der Waals surface area contributed by atoms with Gasteiger partial charge in [-0.15, -0.1) is 0 Å². The third-order valence-corrected chi connectivity index (χ3v) is 6.17. The van der Waals surface area contributed by atoms with Crippen LogP contribution in [-0.2, 0) is 20.9 Å². The number of aryl methyl sites for hydroxylation is 2. The van der Waals surface area contributed by atoms with Gasteiger partial charge in [0.25, 0.3) is 11.7 Å². The molecule has 1 aliphatic heterocycles. The van der Waals surface area contributed by atoms with E-state index in [4.69, 9.17) is 9.47 Å². The van der Waals surface area contributed by atoms with E-state index in [1.165, 1.54) is 4.90 Å². The maximum Gasteiger partial charge on any atom is 0.295 e. The molecular weight excluding hydrogens is 442 g/mol. The fourth-order valence-corrected chi connectivity index (χ4v) is 4.27. The monoisotopic (exact) mass is 471 g/mol. The zero-order valence-corrected chi connectivity index (χ0v) is 20.2. The smallest absolute Gasteiger partial charge is 0.295 e. The van der Waals surface area contributed by atoms with Crippen molar-refractivity contribution >= 4 is 17.4 Å². The number of ether oxygens (including phenoxy) is 2. The normalized spacial score (nSPS) is 17.1. The van der Waals surface area contributed by atoms with Crippen molar-refractivity contribution in [2.45, 2.75) is 26.5 Å². The Morgan fingerprint density at radius 3 is 2.37 bits per heavy atom. The molecule has 1 atom stereocenters. The number of aliphatic hydroxyl groups is 1. The quantitative estimate of drug-likeness (QED) is 0.286. The first-order chi connectivity index (χ1) is 16.9. The van der Waals surface area contributed by atoms with Gasteiger partial charge in [0.15, 0.2) is 0 Å². The molecule has 1 aliphatic rings. The summed E-state index contributed by atoms with van der Waals surface area (Å²) in [6, 6.07) is 22.1. The number of carbonyl (C=O) groups excluding carboxylic acids is 2. The summed E-state index contributed by atoms with van der Waals surface area (Å²) < 4.78 is 11.1. The Morgan fingerprint density at radius 2 is 1.69 bits per heavy atom. The van der Waals surface area contributed by atoms with Gasteiger partial charge in [0.05, 0.1) is 18.2 Å². The highest BCUT2D eigenvalue weighted by molar-refractivity contribution is 6.46. The number of likely N-dealkylation sites (tertiary alicyclic amines) is 1. The molecule has 1 amide bonds. The molecule has 1 heterocycles. The predicted molar refractivity (Wildman–Crippen MR) is 134 cm³/mol. The average Bonchev–Trinajstić information content (AvgIpc) is 3.13. The van der Waals surface area contributed by atoms with E-state index >= 15 is 0 Å². The molecule has 0 aliphatic carbocycles. The molecule has 0 spiro atoms. The van der Waals surface area contributed by atoms with Gasteiger partial charge >= 0.3 is 0 Å². The maximum atomic E-state index is 13.1. The Kier molecular flexibility index (Phi) is 7.32. The number of aliphatic hydroxyl groups excluding tert-OH is 1. The molecule has 1 unspecified atom stereocenters. The standard InChI is InChI=1S/C29H29NO5/c1-19-9-10-20(2)24(17-19)27(31)25-26(30(15-16-34-3)29(33)28(25)32)22-11-13-23(14-12-22)35-18-21-7-5-4-6-8-21/h4-14,17,26,31H,15-16,18H2,1-3H3/b27-25+. The largest absolute Gasteiger partial charge is 0.507 e. The lowest BCUT2D eigenvalue weighted by Crippen LogP contribution is -2.32. The summed E-state index contributed by atoms with van der Waals surface area (Å²) in [6.07, 6.45) is 0. The van der Waals surface area contributed by atoms with E-state index in [-0.39, 0.29) is 24.5 Å². The Hall–Kier alpha value is -3.90. The minimum absolute atomic E-state index is 0.0813. The molecule has 35 heavy (non-hydrogen) atoms. The number of methoxy groups -OCH3 is 1. The van der Waals surface area contributed by atoms with Crippen LogP contribution in [0.1, 0.15) is 33.9 Å². The van der Waals surface area contributed by atoms with Crippen molar-refractivity contribution in [1.29, 1.82) is 0 Å². The zero-order valence-electron chi connectivity index (χ0n) is 20.2. The number of nitrogens with zero attached hydrogens (tertiary/aromatic N) is 1. The van der Waals surface area contributed by atoms with E-state index < -0.39 is 17.7 Å². The number of hydrogen-bond acceptors (Lipinski definition) is 5. The Bertz CT molecular complexity index is 1250. The zero-order chi connectivity index (χ0) is 24.9. The van der Waals surface area contributed by atoms with Gasteiger partial charge in [0.1, 0.15) is 18.1 Å². The summed E-state index contributed by atoms with van der Waals surface area (Å²) in [5.74, 6) is -0.850. The third-order valence-electron chi connectivity index (χ3n) is 6.17. The van der Waals surface area contributed by atoms with Crippen molar-refractivity contribution in [3.05, 3.63) is 106 Å². The van der Waals surface area contributed by atoms with Crippen molar-refractivity contribution < 1.29 is 24.2 Å². The highest BCUT2D eigenvalue weighted by Gasteiger charge is 2.46. The van der Waals surface area contributed by atoms with E-state index in [0.29, 0.717) is 23.5 Å². The molecule has 0 saturated carbocycles. The highest BCUT2D eigenvalue weighted by Crippen LogP contribution is 2.40. The third kappa shape index (κ3) is 5.12. The number of rotatable bonds is 8. The van der Waals surface area contributed by atoms with Crippen LogP contribution in [-0.4, -0.2) is 42.0 Å². The van der Waals surface area contributed by atoms with Crippen molar-refractivity contribution in [2.75, 3.05) is 20.3 Å². The number of Topliss-reactive ketones (excluding diaryl/α,β-unsaturated/α-hetero) is 1. The minimum Gasteiger partial charge on any atom is -0.507 e. The lowest BCUT2D eigenvalue weighted by molar-refractivity contribution is -0.140. The summed E-state index contributed by atoms with van der Waals surface area (Å²) in [6.45, 7) is 4.70. The van der Waals surface area contributed by atoms with E-state index in [9.17, 15) is 14.7 Å². The van der Waals surface area contributed by atoms with Crippen LogP contribution in [0.4, 0.5) is 0 Å². The highest BCUT2D eigenvalue weighted by atomic mass is 16.5. The second-order valence-corrected chi connectivity index (χ2v) is 8.65. The molecule has 3 aromatic carbocycles. The van der Waals surface area contributed by atoms with Crippen LogP contribution in [0.15, 0.2) is 78.4 Å². The summed E-state index contributed by atoms with van der Waals surface area (Å²) in [7, 11) is 1.54. The first kappa shape index (κ1) is 24.2. The van der Waals surface area contributed by atoms with E-state index in [1.807, 2.05) is 86.6 Å². The van der Waals surface area contributed by atoms with Gasteiger partial charge in [0, 0.05) is 19.2 Å². The van der Waals surface area contributed by atoms with E-state index in [1.54, 1.807) is 7.11 Å². The second-order valence-electron chi connectivity index (χ2n) is 8.65. The molecule has 0 radical (unpaired) electrons. The topological polar surface area (TPSA) is 76.1 Å². The van der Waals surface area contributed by atoms with Crippen molar-refractivity contribution in [3.8, 4) is 5.75 Å². The number of ketones is 1. The molecule has 4 rings (SSSR count). The molecule has 180 valence electrons. The van der Waals surface area contributed by atoms with Gasteiger partial charge in [-0.3, -0.25) is 9.59 Å². The summed E-state index contributed by atoms with van der Waals surface area (Å²) >= 11 is 0. The molecule has 1 fully saturated rings. The van der Waals surface area contributed by atoms with Gasteiger partial charge in [-0.1, -0.05) is 60.2 Å². The maximum absolute atomic E-state index is 13.1. The lowest BCUT2D eigenvalue weighted by Gasteiger charge is -2.25. The second kappa shape index (κ2) is 10.6. The molecule has 6 heteroatoms. The molecule has 1 saturated heterocycles. The molecule has 1 N–H and O–H groups in total. The van der Waals surface area contributed by atoms with E-state index in [2.05, 4.69) is 0 Å². The first-order valence-corrected chi connectivity index (χ1v) is 11.5. The Balaban J connectivity index is 1.71. The summed E-state index contributed by atoms with van der Waals surface area (Å²) in [5, 5.41) is 11.3. The van der Waals surface area contributed by atoms with Crippen LogP contribution in [0.25, 0.3) is 5.76 Å². The van der Waals surface area contributed by atoms with Crippen LogP contribution in [0.2, 0.25) is 0 Å². The van der Waals surface area contributed by atoms with Crippen LogP contribution >= 0.6 is 0 Å². The van der Waals surface area contributed by atoms with Crippen molar-refractivity contribution in [2.24, 2.45) is 0 Å². The van der Waals surface area contributed by atoms with Gasteiger partial charge in [-0.05, 0) is 48.7 Å². The van der Waals surface area contributed by atoms with Crippen LogP contribution in [0.5, 0.6) is 5.75 Å².